The molecule has 0 spiro atoms. The first-order valence-electron chi connectivity index (χ1n) is 4.64. The minimum Gasteiger partial charge on any atom is -0.495 e. The van der Waals surface area contributed by atoms with Crippen molar-refractivity contribution in [1.82, 2.24) is 0 Å². The highest BCUT2D eigenvalue weighted by Gasteiger charge is 2.15. The fourth-order valence-corrected chi connectivity index (χ4v) is 2.40. The molecule has 0 radical (unpaired) electrons. The van der Waals surface area contributed by atoms with Gasteiger partial charge in [0.25, 0.3) is 0 Å². The van der Waals surface area contributed by atoms with Gasteiger partial charge >= 0.3 is 0 Å². The van der Waals surface area contributed by atoms with Gasteiger partial charge in [-0.15, -0.1) is 11.3 Å². The molecule has 82 valence electrons. The van der Waals surface area contributed by atoms with E-state index in [1.807, 2.05) is 5.38 Å². The molecule has 2 aromatic rings. The predicted octanol–water partition coefficient (Wildman–Crippen LogP) is 3.64. The van der Waals surface area contributed by atoms with E-state index in [4.69, 9.17) is 16.3 Å². The molecule has 2 nitrogen and oxygen atoms in total. The summed E-state index contributed by atoms with van der Waals surface area (Å²) in [7, 11) is 1.55. The van der Waals surface area contributed by atoms with Crippen LogP contribution in [-0.2, 0) is 0 Å². The Morgan fingerprint density at radius 2 is 2.19 bits per heavy atom. The third-order valence-corrected chi connectivity index (χ3v) is 3.27. The van der Waals surface area contributed by atoms with E-state index in [1.54, 1.807) is 37.4 Å². The predicted molar refractivity (Wildman–Crippen MR) is 65.8 cm³/mol. The van der Waals surface area contributed by atoms with Crippen molar-refractivity contribution in [2.24, 2.45) is 0 Å². The van der Waals surface area contributed by atoms with Crippen LogP contribution in [0.5, 0.6) is 5.75 Å². The average molecular weight is 253 g/mol. The summed E-state index contributed by atoms with van der Waals surface area (Å²) in [6, 6.07) is 8.68. The van der Waals surface area contributed by atoms with Crippen LogP contribution in [0.25, 0.3) is 0 Å². The number of halogens is 1. The second-order valence-electron chi connectivity index (χ2n) is 3.16. The average Bonchev–Trinajstić information content (AvgIpc) is 2.76. The second-order valence-corrected chi connectivity index (χ2v) is 4.51. The summed E-state index contributed by atoms with van der Waals surface area (Å²) in [5.41, 5.74) is 0.577. The molecule has 0 amide bonds. The largest absolute Gasteiger partial charge is 0.495 e. The Morgan fingerprint density at radius 3 is 2.88 bits per heavy atom. The van der Waals surface area contributed by atoms with Crippen LogP contribution in [0.3, 0.4) is 0 Å². The number of benzene rings is 1. The number of methoxy groups -OCH3 is 1. The van der Waals surface area contributed by atoms with E-state index in [0.717, 1.165) is 0 Å². The van der Waals surface area contributed by atoms with E-state index in [-0.39, 0.29) is 5.78 Å². The number of hydrogen-bond acceptors (Lipinski definition) is 3. The van der Waals surface area contributed by atoms with E-state index in [0.29, 0.717) is 21.2 Å². The first kappa shape index (κ1) is 11.2. The van der Waals surface area contributed by atoms with Crippen LogP contribution in [0, 0.1) is 0 Å². The number of ketones is 1. The number of carbonyl (C=O) groups excluding carboxylic acids is 1. The van der Waals surface area contributed by atoms with Crippen molar-refractivity contribution >= 4 is 28.7 Å². The van der Waals surface area contributed by atoms with Crippen LogP contribution in [-0.4, -0.2) is 12.9 Å². The number of rotatable bonds is 3. The summed E-state index contributed by atoms with van der Waals surface area (Å²) in [5, 5.41) is 2.39. The summed E-state index contributed by atoms with van der Waals surface area (Å²) in [6.45, 7) is 0. The molecule has 2 rings (SSSR count). The zero-order chi connectivity index (χ0) is 11.5. The Labute approximate surface area is 102 Å². The summed E-state index contributed by atoms with van der Waals surface area (Å²) in [4.78, 5) is 12.7. The molecule has 0 saturated heterocycles. The second kappa shape index (κ2) is 4.68. The van der Waals surface area contributed by atoms with E-state index in [2.05, 4.69) is 0 Å². The Hall–Kier alpha value is -1.32. The zero-order valence-electron chi connectivity index (χ0n) is 8.57. The maximum Gasteiger partial charge on any atom is 0.206 e. The first-order chi connectivity index (χ1) is 7.72. The lowest BCUT2D eigenvalue weighted by Gasteiger charge is -2.02. The first-order valence-corrected chi connectivity index (χ1v) is 5.90. The lowest BCUT2D eigenvalue weighted by atomic mass is 10.1. The molecule has 0 saturated carbocycles. The van der Waals surface area contributed by atoms with Crippen LogP contribution in [0.1, 0.15) is 15.2 Å². The molecule has 1 aromatic heterocycles. The fraction of sp³-hybridized carbons (Fsp3) is 0.0833. The molecule has 4 heteroatoms. The van der Waals surface area contributed by atoms with Crippen molar-refractivity contribution in [2.75, 3.05) is 7.11 Å². The Kier molecular flexibility index (Phi) is 3.27. The maximum absolute atomic E-state index is 12.1. The van der Waals surface area contributed by atoms with Gasteiger partial charge in [0.05, 0.1) is 7.11 Å². The molecule has 0 aliphatic rings. The Morgan fingerprint density at radius 1 is 1.38 bits per heavy atom. The SMILES string of the molecule is COc1ccsc1C(=O)c1cccc(Cl)c1. The van der Waals surface area contributed by atoms with Gasteiger partial charge < -0.3 is 4.74 Å². The van der Waals surface area contributed by atoms with Crippen molar-refractivity contribution < 1.29 is 9.53 Å². The molecule has 0 bridgehead atoms. The normalized spacial score (nSPS) is 10.1. The number of ether oxygens (including phenoxy) is 1. The van der Waals surface area contributed by atoms with Gasteiger partial charge in [0, 0.05) is 10.6 Å². The number of thiophene rings is 1. The van der Waals surface area contributed by atoms with Gasteiger partial charge in [0.1, 0.15) is 10.6 Å². The highest BCUT2D eigenvalue weighted by molar-refractivity contribution is 7.12. The van der Waals surface area contributed by atoms with Gasteiger partial charge in [-0.25, -0.2) is 0 Å². The van der Waals surface area contributed by atoms with Gasteiger partial charge in [-0.05, 0) is 23.6 Å². The van der Waals surface area contributed by atoms with E-state index >= 15 is 0 Å². The Bertz CT molecular complexity index is 519. The lowest BCUT2D eigenvalue weighted by molar-refractivity contribution is 0.104. The van der Waals surface area contributed by atoms with Crippen molar-refractivity contribution in [3.8, 4) is 5.75 Å². The summed E-state index contributed by atoms with van der Waals surface area (Å²) >= 11 is 7.21. The van der Waals surface area contributed by atoms with Crippen LogP contribution < -0.4 is 4.74 Å². The van der Waals surface area contributed by atoms with E-state index in [1.165, 1.54) is 11.3 Å². The molecule has 16 heavy (non-hydrogen) atoms. The smallest absolute Gasteiger partial charge is 0.206 e. The van der Waals surface area contributed by atoms with Crippen molar-refractivity contribution in [3.05, 3.63) is 51.2 Å². The Balaban J connectivity index is 2.39. The molecule has 0 unspecified atom stereocenters. The van der Waals surface area contributed by atoms with Gasteiger partial charge in [0.15, 0.2) is 0 Å². The topological polar surface area (TPSA) is 26.3 Å². The molecule has 1 heterocycles. The molecule has 0 fully saturated rings. The molecular formula is C12H9ClO2S. The number of carbonyl (C=O) groups is 1. The molecule has 0 N–H and O–H groups in total. The minimum atomic E-state index is -0.0608. The summed E-state index contributed by atoms with van der Waals surface area (Å²) < 4.78 is 5.11. The molecule has 0 aliphatic carbocycles. The van der Waals surface area contributed by atoms with Crippen LogP contribution in [0.15, 0.2) is 35.7 Å². The van der Waals surface area contributed by atoms with Crippen LogP contribution in [0.2, 0.25) is 5.02 Å². The molecular weight excluding hydrogens is 244 g/mol. The lowest BCUT2D eigenvalue weighted by Crippen LogP contribution is -2.00. The standard InChI is InChI=1S/C12H9ClO2S/c1-15-10-5-6-16-12(10)11(14)8-3-2-4-9(13)7-8/h2-7H,1H3. The monoisotopic (exact) mass is 252 g/mol. The minimum absolute atomic E-state index is 0.0608. The van der Waals surface area contributed by atoms with Crippen molar-refractivity contribution in [2.45, 2.75) is 0 Å². The van der Waals surface area contributed by atoms with Crippen LogP contribution in [0.4, 0.5) is 0 Å². The third-order valence-electron chi connectivity index (χ3n) is 2.14. The summed E-state index contributed by atoms with van der Waals surface area (Å²) in [5.74, 6) is 0.546. The zero-order valence-corrected chi connectivity index (χ0v) is 10.1. The highest BCUT2D eigenvalue weighted by Crippen LogP contribution is 2.27. The fourth-order valence-electron chi connectivity index (χ4n) is 1.38. The van der Waals surface area contributed by atoms with Crippen molar-refractivity contribution in [1.29, 1.82) is 0 Å². The van der Waals surface area contributed by atoms with Crippen molar-refractivity contribution in [3.63, 3.8) is 0 Å². The van der Waals surface area contributed by atoms with E-state index < -0.39 is 0 Å². The van der Waals surface area contributed by atoms with Gasteiger partial charge in [-0.2, -0.15) is 0 Å². The highest BCUT2D eigenvalue weighted by atomic mass is 35.5. The number of hydrogen-bond donors (Lipinski definition) is 0. The van der Waals surface area contributed by atoms with Crippen LogP contribution >= 0.6 is 22.9 Å². The third kappa shape index (κ3) is 2.10. The molecule has 1 aromatic carbocycles. The molecule has 0 aliphatic heterocycles. The van der Waals surface area contributed by atoms with Gasteiger partial charge in [0.2, 0.25) is 5.78 Å². The van der Waals surface area contributed by atoms with Gasteiger partial charge in [-0.1, -0.05) is 23.7 Å². The maximum atomic E-state index is 12.1. The van der Waals surface area contributed by atoms with Gasteiger partial charge in [-0.3, -0.25) is 4.79 Å². The van der Waals surface area contributed by atoms with E-state index in [9.17, 15) is 4.79 Å². The molecule has 0 atom stereocenters. The quantitative estimate of drug-likeness (QED) is 0.780. The summed E-state index contributed by atoms with van der Waals surface area (Å²) in [6.07, 6.45) is 0.